The minimum absolute atomic E-state index is 0.0473. The average molecular weight is 302 g/mol. The Morgan fingerprint density at radius 3 is 2.57 bits per heavy atom. The summed E-state index contributed by atoms with van der Waals surface area (Å²) in [7, 11) is 0. The second-order valence-corrected chi connectivity index (χ2v) is 6.57. The maximum absolute atomic E-state index is 11.3. The van der Waals surface area contributed by atoms with Crippen LogP contribution in [-0.2, 0) is 4.79 Å². The fourth-order valence-corrected chi connectivity index (χ4v) is 3.20. The second kappa shape index (κ2) is 6.76. The normalized spacial score (nSPS) is 12.2. The number of aryl methyl sites for hydroxylation is 1. The highest BCUT2D eigenvalue weighted by Gasteiger charge is 2.17. The Kier molecular flexibility index (Phi) is 5.02. The van der Waals surface area contributed by atoms with Crippen molar-refractivity contribution in [3.63, 3.8) is 0 Å². The number of anilines is 2. The van der Waals surface area contributed by atoms with Crippen molar-refractivity contribution in [2.24, 2.45) is 5.92 Å². The fraction of sp³-hybridized carbons (Fsp3) is 0.353. The third-order valence-electron chi connectivity index (χ3n) is 3.39. The van der Waals surface area contributed by atoms with Crippen molar-refractivity contribution < 1.29 is 4.79 Å². The molecule has 0 spiro atoms. The van der Waals surface area contributed by atoms with Crippen LogP contribution in [0.15, 0.2) is 35.7 Å². The zero-order valence-corrected chi connectivity index (χ0v) is 13.8. The van der Waals surface area contributed by atoms with Gasteiger partial charge in [0.1, 0.15) is 0 Å². The lowest BCUT2D eigenvalue weighted by Crippen LogP contribution is -2.16. The molecule has 1 unspecified atom stereocenters. The molecule has 0 aliphatic heterocycles. The summed E-state index contributed by atoms with van der Waals surface area (Å²) < 4.78 is 0. The summed E-state index contributed by atoms with van der Waals surface area (Å²) >= 11 is 1.76. The van der Waals surface area contributed by atoms with Gasteiger partial charge in [-0.05, 0) is 42.0 Å². The summed E-state index contributed by atoms with van der Waals surface area (Å²) in [6.07, 6.45) is 0. The van der Waals surface area contributed by atoms with E-state index in [1.807, 2.05) is 19.1 Å². The van der Waals surface area contributed by atoms with Crippen LogP contribution in [0.5, 0.6) is 0 Å². The molecule has 2 rings (SSSR count). The van der Waals surface area contributed by atoms with E-state index in [9.17, 15) is 4.79 Å². The lowest BCUT2D eigenvalue weighted by Gasteiger charge is -2.23. The van der Waals surface area contributed by atoms with Crippen LogP contribution in [0.1, 0.15) is 37.3 Å². The number of amides is 1. The number of hydrogen-bond donors (Lipinski definition) is 2. The largest absolute Gasteiger partial charge is 0.377 e. The molecule has 2 N–H and O–H groups in total. The first-order chi connectivity index (χ1) is 9.97. The van der Waals surface area contributed by atoms with Crippen LogP contribution in [0.4, 0.5) is 11.4 Å². The van der Waals surface area contributed by atoms with Crippen molar-refractivity contribution in [2.45, 2.75) is 33.7 Å². The monoisotopic (exact) mass is 302 g/mol. The number of hydrogen-bond acceptors (Lipinski definition) is 3. The van der Waals surface area contributed by atoms with Crippen LogP contribution < -0.4 is 10.6 Å². The lowest BCUT2D eigenvalue weighted by atomic mass is 10.0. The summed E-state index contributed by atoms with van der Waals surface area (Å²) in [5, 5.41) is 8.56. The van der Waals surface area contributed by atoms with Crippen molar-refractivity contribution in [1.82, 2.24) is 0 Å². The van der Waals surface area contributed by atoms with E-state index in [-0.39, 0.29) is 11.9 Å². The summed E-state index contributed by atoms with van der Waals surface area (Å²) in [5.74, 6) is 0.433. The molecule has 0 saturated carbocycles. The van der Waals surface area contributed by atoms with Crippen LogP contribution >= 0.6 is 11.3 Å². The number of carbonyl (C=O) groups excluding carboxylic acids is 1. The van der Waals surface area contributed by atoms with E-state index >= 15 is 0 Å². The molecule has 2 aromatic rings. The van der Waals surface area contributed by atoms with Gasteiger partial charge in [0, 0.05) is 23.2 Å². The molecule has 0 aliphatic rings. The van der Waals surface area contributed by atoms with E-state index in [1.54, 1.807) is 11.3 Å². The Hall–Kier alpha value is -1.81. The molecule has 3 nitrogen and oxygen atoms in total. The molecule has 112 valence electrons. The second-order valence-electron chi connectivity index (χ2n) is 5.59. The first-order valence-electron chi connectivity index (χ1n) is 7.15. The zero-order chi connectivity index (χ0) is 15.4. The molecular weight excluding hydrogens is 280 g/mol. The van der Waals surface area contributed by atoms with E-state index in [0.29, 0.717) is 5.92 Å². The predicted molar refractivity (Wildman–Crippen MR) is 91.0 cm³/mol. The highest BCUT2D eigenvalue weighted by molar-refractivity contribution is 7.10. The van der Waals surface area contributed by atoms with Crippen molar-refractivity contribution in [2.75, 3.05) is 10.6 Å². The van der Waals surface area contributed by atoms with Gasteiger partial charge < -0.3 is 10.6 Å². The Morgan fingerprint density at radius 1 is 1.24 bits per heavy atom. The number of carbonyl (C=O) groups is 1. The van der Waals surface area contributed by atoms with Crippen LogP contribution in [0.25, 0.3) is 0 Å². The van der Waals surface area contributed by atoms with Crippen molar-refractivity contribution in [1.29, 1.82) is 0 Å². The molecule has 4 heteroatoms. The molecule has 0 radical (unpaired) electrons. The first kappa shape index (κ1) is 15.6. The number of nitrogens with one attached hydrogen (secondary N) is 2. The Morgan fingerprint density at radius 2 is 2.00 bits per heavy atom. The van der Waals surface area contributed by atoms with Gasteiger partial charge in [-0.15, -0.1) is 11.3 Å². The van der Waals surface area contributed by atoms with E-state index in [2.05, 4.69) is 48.1 Å². The predicted octanol–water partition coefficient (Wildman–Crippen LogP) is 4.82. The van der Waals surface area contributed by atoms with Gasteiger partial charge in [0.15, 0.2) is 0 Å². The Labute approximate surface area is 130 Å². The van der Waals surface area contributed by atoms with Gasteiger partial charge in [0.25, 0.3) is 0 Å². The van der Waals surface area contributed by atoms with Crippen LogP contribution in [-0.4, -0.2) is 5.91 Å². The summed E-state index contributed by atoms with van der Waals surface area (Å²) in [6, 6.07) is 10.6. The van der Waals surface area contributed by atoms with E-state index in [1.165, 1.54) is 11.8 Å². The quantitative estimate of drug-likeness (QED) is 0.831. The van der Waals surface area contributed by atoms with Crippen molar-refractivity contribution >= 4 is 28.6 Å². The van der Waals surface area contributed by atoms with Crippen molar-refractivity contribution in [3.05, 3.63) is 46.2 Å². The highest BCUT2D eigenvalue weighted by atomic mass is 32.1. The van der Waals surface area contributed by atoms with Gasteiger partial charge in [-0.3, -0.25) is 4.79 Å². The Bertz CT molecular complexity index is 605. The maximum atomic E-state index is 11.3. The van der Waals surface area contributed by atoms with Crippen LogP contribution in [0.2, 0.25) is 0 Å². The van der Waals surface area contributed by atoms with Gasteiger partial charge >= 0.3 is 0 Å². The van der Waals surface area contributed by atoms with E-state index in [0.717, 1.165) is 16.9 Å². The third-order valence-corrected chi connectivity index (χ3v) is 4.34. The number of rotatable bonds is 5. The molecule has 1 aromatic heterocycles. The molecule has 0 aliphatic carbocycles. The third kappa shape index (κ3) is 4.08. The van der Waals surface area contributed by atoms with Gasteiger partial charge in [0.2, 0.25) is 5.91 Å². The lowest BCUT2D eigenvalue weighted by molar-refractivity contribution is -0.114. The van der Waals surface area contributed by atoms with E-state index < -0.39 is 0 Å². The van der Waals surface area contributed by atoms with Crippen molar-refractivity contribution in [3.8, 4) is 0 Å². The summed E-state index contributed by atoms with van der Waals surface area (Å²) in [6.45, 7) is 7.94. The highest BCUT2D eigenvalue weighted by Crippen LogP contribution is 2.31. The molecule has 1 heterocycles. The first-order valence-corrected chi connectivity index (χ1v) is 8.03. The average Bonchev–Trinajstić information content (AvgIpc) is 2.92. The van der Waals surface area contributed by atoms with Gasteiger partial charge in [-0.1, -0.05) is 26.0 Å². The molecule has 0 bridgehead atoms. The maximum Gasteiger partial charge on any atom is 0.221 e. The summed E-state index contributed by atoms with van der Waals surface area (Å²) in [4.78, 5) is 12.6. The number of thiophene rings is 1. The van der Waals surface area contributed by atoms with E-state index in [4.69, 9.17) is 0 Å². The molecule has 21 heavy (non-hydrogen) atoms. The van der Waals surface area contributed by atoms with Gasteiger partial charge in [0.05, 0.1) is 6.04 Å². The smallest absolute Gasteiger partial charge is 0.221 e. The molecular formula is C17H22N2OS. The molecule has 0 fully saturated rings. The standard InChI is InChI=1S/C17H22N2OS/c1-11(2)17(16-6-5-9-21-16)19-14-8-7-12(3)15(10-14)18-13(4)20/h5-11,17,19H,1-4H3,(H,18,20). The summed E-state index contributed by atoms with van der Waals surface area (Å²) in [5.41, 5.74) is 2.95. The number of benzene rings is 1. The molecule has 1 amide bonds. The zero-order valence-electron chi connectivity index (χ0n) is 12.9. The molecule has 1 atom stereocenters. The van der Waals surface area contributed by atoms with Gasteiger partial charge in [-0.2, -0.15) is 0 Å². The molecule has 1 aromatic carbocycles. The fourth-order valence-electron chi connectivity index (χ4n) is 2.25. The Balaban J connectivity index is 2.23. The SMILES string of the molecule is CC(=O)Nc1cc(NC(c2cccs2)C(C)C)ccc1C. The van der Waals surface area contributed by atoms with Crippen LogP contribution in [0, 0.1) is 12.8 Å². The van der Waals surface area contributed by atoms with Gasteiger partial charge in [-0.25, -0.2) is 0 Å². The molecule has 0 saturated heterocycles. The van der Waals surface area contributed by atoms with Crippen LogP contribution in [0.3, 0.4) is 0 Å². The topological polar surface area (TPSA) is 41.1 Å². The minimum atomic E-state index is -0.0473. The minimum Gasteiger partial charge on any atom is -0.377 e.